The van der Waals surface area contributed by atoms with Crippen molar-refractivity contribution >= 4 is 16.7 Å². The second-order valence-corrected chi connectivity index (χ2v) is 9.63. The minimum absolute atomic E-state index is 0.111. The number of phenols is 1. The van der Waals surface area contributed by atoms with Crippen LogP contribution in [-0.4, -0.2) is 74.3 Å². The van der Waals surface area contributed by atoms with Crippen molar-refractivity contribution < 1.29 is 22.7 Å². The topological polar surface area (TPSA) is 87.4 Å². The van der Waals surface area contributed by atoms with Crippen LogP contribution in [0.1, 0.15) is 25.7 Å². The molecule has 0 amide bonds. The van der Waals surface area contributed by atoms with Crippen molar-refractivity contribution in [2.45, 2.75) is 62.7 Å². The lowest BCUT2D eigenvalue weighted by Crippen LogP contribution is -2.62. The number of halogens is 4. The van der Waals surface area contributed by atoms with Crippen LogP contribution in [0.5, 0.6) is 5.75 Å². The molecule has 12 heteroatoms. The minimum atomic E-state index is -4.58. The Kier molecular flexibility index (Phi) is 6.09. The molecule has 1 aromatic carbocycles. The average molecular weight is 507 g/mol. The van der Waals surface area contributed by atoms with Gasteiger partial charge >= 0.3 is 6.18 Å². The van der Waals surface area contributed by atoms with Crippen molar-refractivity contribution in [3.05, 3.63) is 40.9 Å². The lowest BCUT2D eigenvalue weighted by Gasteiger charge is -2.51. The van der Waals surface area contributed by atoms with E-state index in [2.05, 4.69) is 20.1 Å². The standard InChI is InChI=1S/C24H26F4N6O2/c1-32-13-4-3-5-18(32)22(25)19(8-13)33(2)21-7-6-16(30-31-21)14-9-17-15(10-20(14)35)23(36)34(12-29-17)11-24(26,27)28/h6-7,9-10,12-13,18-19,22,35H,3-5,8,11H2,1-2H3/t13-,18+,19-,22+/m0/s1. The number of benzene rings is 1. The summed E-state index contributed by atoms with van der Waals surface area (Å²) in [4.78, 5) is 20.4. The number of rotatable bonds is 4. The molecule has 2 saturated heterocycles. The van der Waals surface area contributed by atoms with Crippen LogP contribution < -0.4 is 10.5 Å². The van der Waals surface area contributed by atoms with Crippen molar-refractivity contribution in [2.24, 2.45) is 0 Å². The molecule has 2 aliphatic rings. The molecule has 2 bridgehead atoms. The highest BCUT2D eigenvalue weighted by Crippen LogP contribution is 2.37. The fraction of sp³-hybridized carbons (Fsp3) is 0.500. The molecule has 8 nitrogen and oxygen atoms in total. The number of aromatic nitrogens is 4. The van der Waals surface area contributed by atoms with E-state index in [1.165, 1.54) is 6.07 Å². The molecular weight excluding hydrogens is 480 g/mol. The van der Waals surface area contributed by atoms with Crippen molar-refractivity contribution in [2.75, 3.05) is 19.0 Å². The van der Waals surface area contributed by atoms with Gasteiger partial charge in [0.25, 0.3) is 5.56 Å². The zero-order valence-electron chi connectivity index (χ0n) is 19.8. The Labute approximate surface area is 204 Å². The Hall–Kier alpha value is -3.28. The first-order valence-electron chi connectivity index (χ1n) is 11.8. The van der Waals surface area contributed by atoms with Gasteiger partial charge < -0.3 is 10.0 Å². The third-order valence-corrected chi connectivity index (χ3v) is 7.46. The van der Waals surface area contributed by atoms with Crippen LogP contribution in [-0.2, 0) is 6.54 Å². The van der Waals surface area contributed by atoms with Gasteiger partial charge in [-0.15, -0.1) is 10.2 Å². The number of hydrogen-bond donors (Lipinski definition) is 1. The third kappa shape index (κ3) is 4.38. The van der Waals surface area contributed by atoms with E-state index in [1.54, 1.807) is 19.2 Å². The quantitative estimate of drug-likeness (QED) is 0.542. The summed E-state index contributed by atoms with van der Waals surface area (Å²) in [7, 11) is 3.79. The number of piperidine rings is 2. The zero-order valence-corrected chi connectivity index (χ0v) is 19.8. The van der Waals surface area contributed by atoms with Gasteiger partial charge in [-0.2, -0.15) is 13.2 Å². The predicted molar refractivity (Wildman–Crippen MR) is 126 cm³/mol. The van der Waals surface area contributed by atoms with E-state index in [-0.39, 0.29) is 40.0 Å². The lowest BCUT2D eigenvalue weighted by atomic mass is 9.80. The number of hydrogen-bond acceptors (Lipinski definition) is 7. The Morgan fingerprint density at radius 1 is 1.19 bits per heavy atom. The van der Waals surface area contributed by atoms with E-state index in [1.807, 2.05) is 11.9 Å². The molecule has 0 unspecified atom stereocenters. The van der Waals surface area contributed by atoms with Crippen molar-refractivity contribution in [1.29, 1.82) is 0 Å². The van der Waals surface area contributed by atoms with Gasteiger partial charge in [0, 0.05) is 24.7 Å². The van der Waals surface area contributed by atoms with Gasteiger partial charge in [-0.05, 0) is 50.6 Å². The minimum Gasteiger partial charge on any atom is -0.507 e. The zero-order chi connectivity index (χ0) is 25.8. The summed E-state index contributed by atoms with van der Waals surface area (Å²) in [5.41, 5.74) is -0.287. The van der Waals surface area contributed by atoms with Gasteiger partial charge in [0.15, 0.2) is 5.82 Å². The second-order valence-electron chi connectivity index (χ2n) is 9.63. The number of fused-ring (bicyclic) bond motifs is 3. The van der Waals surface area contributed by atoms with E-state index in [9.17, 15) is 23.1 Å². The molecular formula is C24H26F4N6O2. The number of phenolic OH excluding ortho intramolecular Hbond substituents is 1. The Morgan fingerprint density at radius 3 is 2.67 bits per heavy atom. The van der Waals surface area contributed by atoms with Gasteiger partial charge in [0.2, 0.25) is 0 Å². The number of aromatic hydroxyl groups is 1. The fourth-order valence-corrected chi connectivity index (χ4v) is 5.48. The summed E-state index contributed by atoms with van der Waals surface area (Å²) in [6.07, 6.45) is -1.17. The van der Waals surface area contributed by atoms with Crippen LogP contribution in [0.4, 0.5) is 23.4 Å². The summed E-state index contributed by atoms with van der Waals surface area (Å²) in [5.74, 6) is 0.149. The first-order valence-corrected chi connectivity index (χ1v) is 11.8. The van der Waals surface area contributed by atoms with Crippen LogP contribution in [0.15, 0.2) is 35.4 Å². The molecule has 3 aromatic rings. The Bertz CT molecular complexity index is 1330. The summed E-state index contributed by atoms with van der Waals surface area (Å²) < 4.78 is 53.9. The number of alkyl halides is 4. The fourth-order valence-electron chi connectivity index (χ4n) is 5.48. The van der Waals surface area contributed by atoms with E-state index in [0.717, 1.165) is 31.7 Å². The van der Waals surface area contributed by atoms with Crippen LogP contribution >= 0.6 is 0 Å². The van der Waals surface area contributed by atoms with Gasteiger partial charge in [-0.3, -0.25) is 14.3 Å². The molecule has 192 valence electrons. The molecule has 2 fully saturated rings. The number of anilines is 1. The summed E-state index contributed by atoms with van der Waals surface area (Å²) in [5, 5.41) is 18.8. The average Bonchev–Trinajstić information content (AvgIpc) is 2.82. The van der Waals surface area contributed by atoms with Gasteiger partial charge in [-0.25, -0.2) is 9.37 Å². The van der Waals surface area contributed by atoms with E-state index < -0.39 is 24.5 Å². The van der Waals surface area contributed by atoms with E-state index >= 15 is 4.39 Å². The predicted octanol–water partition coefficient (Wildman–Crippen LogP) is 3.52. The van der Waals surface area contributed by atoms with Gasteiger partial charge in [-0.1, -0.05) is 6.42 Å². The lowest BCUT2D eigenvalue weighted by molar-refractivity contribution is -0.141. The highest BCUT2D eigenvalue weighted by Gasteiger charge is 2.45. The van der Waals surface area contributed by atoms with Crippen LogP contribution in [0.25, 0.3) is 22.2 Å². The molecule has 4 atom stereocenters. The van der Waals surface area contributed by atoms with Crippen LogP contribution in [0.3, 0.4) is 0 Å². The highest BCUT2D eigenvalue weighted by atomic mass is 19.4. The molecule has 0 saturated carbocycles. The summed E-state index contributed by atoms with van der Waals surface area (Å²) >= 11 is 0. The van der Waals surface area contributed by atoms with Crippen LogP contribution in [0, 0.1) is 0 Å². The highest BCUT2D eigenvalue weighted by molar-refractivity contribution is 5.86. The van der Waals surface area contributed by atoms with E-state index in [4.69, 9.17) is 0 Å². The molecule has 0 radical (unpaired) electrons. The Morgan fingerprint density at radius 2 is 1.97 bits per heavy atom. The Balaban J connectivity index is 1.41. The first kappa shape index (κ1) is 24.4. The maximum atomic E-state index is 15.3. The first-order chi connectivity index (χ1) is 17.0. The van der Waals surface area contributed by atoms with Gasteiger partial charge in [0.1, 0.15) is 18.5 Å². The SMILES string of the molecule is CN(c1ccc(-c2cc3ncn(CC(F)(F)F)c(=O)c3cc2O)nn1)[C@H]1C[C@@H]2CCC[C@H]([C@H]1F)N2C. The largest absolute Gasteiger partial charge is 0.507 e. The normalized spacial score (nSPS) is 24.7. The molecule has 2 aromatic heterocycles. The molecule has 5 rings (SSSR count). The molecule has 2 aliphatic heterocycles. The van der Waals surface area contributed by atoms with Crippen molar-refractivity contribution in [3.8, 4) is 17.0 Å². The third-order valence-electron chi connectivity index (χ3n) is 7.46. The smallest absolute Gasteiger partial charge is 0.406 e. The molecule has 36 heavy (non-hydrogen) atoms. The molecule has 0 aliphatic carbocycles. The maximum Gasteiger partial charge on any atom is 0.406 e. The molecule has 4 heterocycles. The van der Waals surface area contributed by atoms with Crippen LogP contribution in [0.2, 0.25) is 0 Å². The summed E-state index contributed by atoms with van der Waals surface area (Å²) in [6.45, 7) is -1.48. The number of nitrogens with zero attached hydrogens (tertiary/aromatic N) is 6. The van der Waals surface area contributed by atoms with Crippen molar-refractivity contribution in [3.63, 3.8) is 0 Å². The van der Waals surface area contributed by atoms with Crippen molar-refractivity contribution in [1.82, 2.24) is 24.6 Å². The molecule has 1 N–H and O–H groups in total. The van der Waals surface area contributed by atoms with E-state index in [0.29, 0.717) is 22.8 Å². The molecule has 0 spiro atoms. The second kappa shape index (κ2) is 8.99. The van der Waals surface area contributed by atoms with Gasteiger partial charge in [0.05, 0.1) is 29.0 Å². The maximum absolute atomic E-state index is 15.3. The summed E-state index contributed by atoms with van der Waals surface area (Å²) in [6, 6.07) is 5.66. The monoisotopic (exact) mass is 506 g/mol.